The van der Waals surface area contributed by atoms with Crippen LogP contribution in [-0.4, -0.2) is 44.1 Å². The molecule has 2 aromatic heterocycles. The minimum absolute atomic E-state index is 0.0128. The highest BCUT2D eigenvalue weighted by molar-refractivity contribution is 5.76. The fraction of sp³-hybridized carbons (Fsp3) is 0.300. The molecule has 0 saturated heterocycles. The maximum absolute atomic E-state index is 12.5. The first-order valence-electron chi connectivity index (χ1n) is 8.80. The Hall–Kier alpha value is -3.22. The smallest absolute Gasteiger partial charge is 0.227 e. The number of amides is 1. The number of likely N-dealkylation sites (N-methyl/N-ethyl adjacent to an activating group) is 1. The zero-order valence-electron chi connectivity index (χ0n) is 15.4. The Morgan fingerprint density at radius 3 is 2.70 bits per heavy atom. The topological polar surface area (TPSA) is 92.3 Å². The number of benzene rings is 1. The zero-order valence-corrected chi connectivity index (χ0v) is 15.4. The summed E-state index contributed by atoms with van der Waals surface area (Å²) in [4.78, 5) is 22.7. The molecule has 1 atom stereocenters. The first-order chi connectivity index (χ1) is 13.0. The minimum atomic E-state index is 0.0128. The summed E-state index contributed by atoms with van der Waals surface area (Å²) in [7, 11) is 1.79. The highest BCUT2D eigenvalue weighted by Gasteiger charge is 2.18. The lowest BCUT2D eigenvalue weighted by atomic mass is 10.1. The number of nitrogens with zero attached hydrogens (tertiary/aromatic N) is 4. The Kier molecular flexibility index (Phi) is 5.80. The third-order valence-electron chi connectivity index (χ3n) is 4.44. The van der Waals surface area contributed by atoms with Crippen molar-refractivity contribution in [2.45, 2.75) is 32.2 Å². The van der Waals surface area contributed by atoms with Crippen molar-refractivity contribution in [2.24, 2.45) is 0 Å². The number of phenolic OH excluding ortho intramolecular Hbond substituents is 1. The summed E-state index contributed by atoms with van der Waals surface area (Å²) in [5, 5.41) is 13.3. The summed E-state index contributed by atoms with van der Waals surface area (Å²) in [5.41, 5.74) is 1.70. The van der Waals surface area contributed by atoms with Crippen LogP contribution in [0.5, 0.6) is 5.75 Å². The van der Waals surface area contributed by atoms with E-state index in [1.807, 2.05) is 31.2 Å². The number of carbonyl (C=O) groups excluding carboxylic acids is 1. The molecule has 0 bridgehead atoms. The van der Waals surface area contributed by atoms with Crippen LogP contribution in [0.3, 0.4) is 0 Å². The van der Waals surface area contributed by atoms with E-state index in [1.54, 1.807) is 36.3 Å². The third-order valence-corrected chi connectivity index (χ3v) is 4.44. The minimum Gasteiger partial charge on any atom is -0.508 e. The second kappa shape index (κ2) is 8.44. The summed E-state index contributed by atoms with van der Waals surface area (Å²) in [6, 6.07) is 12.5. The van der Waals surface area contributed by atoms with Gasteiger partial charge in [0.25, 0.3) is 0 Å². The van der Waals surface area contributed by atoms with Gasteiger partial charge in [0, 0.05) is 32.1 Å². The van der Waals surface area contributed by atoms with Crippen LogP contribution < -0.4 is 0 Å². The molecule has 1 unspecified atom stereocenters. The van der Waals surface area contributed by atoms with Crippen molar-refractivity contribution < 1.29 is 14.4 Å². The normalized spacial score (nSPS) is 11.9. The van der Waals surface area contributed by atoms with Crippen molar-refractivity contribution in [3.63, 3.8) is 0 Å². The van der Waals surface area contributed by atoms with Gasteiger partial charge in [-0.25, -0.2) is 0 Å². The van der Waals surface area contributed by atoms with Gasteiger partial charge in [0.05, 0.1) is 0 Å². The number of hydrogen-bond donors (Lipinski definition) is 1. The predicted molar refractivity (Wildman–Crippen MR) is 99.9 cm³/mol. The molecule has 140 valence electrons. The largest absolute Gasteiger partial charge is 0.508 e. The standard InChI is InChI=1S/C20H22N4O3/c1-14(13-15-6-8-16(25)9-7-15)24(2)19(26)11-10-18-22-20(23-27-18)17-5-3-4-12-21-17/h3-9,12,14,25H,10-11,13H2,1-2H3. The van der Waals surface area contributed by atoms with Gasteiger partial charge < -0.3 is 14.5 Å². The van der Waals surface area contributed by atoms with E-state index in [9.17, 15) is 9.90 Å². The van der Waals surface area contributed by atoms with Crippen molar-refractivity contribution in [1.82, 2.24) is 20.0 Å². The van der Waals surface area contributed by atoms with Gasteiger partial charge in [-0.1, -0.05) is 23.4 Å². The molecule has 0 aliphatic rings. The lowest BCUT2D eigenvalue weighted by Gasteiger charge is -2.25. The average molecular weight is 366 g/mol. The summed E-state index contributed by atoms with van der Waals surface area (Å²) in [6.45, 7) is 2.00. The number of rotatable bonds is 7. The third kappa shape index (κ3) is 4.91. The molecule has 3 aromatic rings. The van der Waals surface area contributed by atoms with E-state index < -0.39 is 0 Å². The van der Waals surface area contributed by atoms with Crippen molar-refractivity contribution in [3.05, 3.63) is 60.1 Å². The van der Waals surface area contributed by atoms with E-state index in [2.05, 4.69) is 15.1 Å². The first-order valence-corrected chi connectivity index (χ1v) is 8.80. The molecule has 7 nitrogen and oxygen atoms in total. The van der Waals surface area contributed by atoms with Gasteiger partial charge >= 0.3 is 0 Å². The monoisotopic (exact) mass is 366 g/mol. The first kappa shape index (κ1) is 18.6. The van der Waals surface area contributed by atoms with E-state index in [1.165, 1.54) is 0 Å². The molecule has 0 saturated carbocycles. The van der Waals surface area contributed by atoms with Crippen LogP contribution in [0.15, 0.2) is 53.2 Å². The Morgan fingerprint density at radius 1 is 1.22 bits per heavy atom. The van der Waals surface area contributed by atoms with E-state index >= 15 is 0 Å². The predicted octanol–water partition coefficient (Wildman–Crippen LogP) is 2.86. The van der Waals surface area contributed by atoms with Crippen LogP contribution in [-0.2, 0) is 17.6 Å². The molecular weight excluding hydrogens is 344 g/mol. The highest BCUT2D eigenvalue weighted by Crippen LogP contribution is 2.15. The van der Waals surface area contributed by atoms with E-state index in [4.69, 9.17) is 4.52 Å². The maximum Gasteiger partial charge on any atom is 0.227 e. The Morgan fingerprint density at radius 2 is 2.00 bits per heavy atom. The average Bonchev–Trinajstić information content (AvgIpc) is 3.17. The molecule has 0 aliphatic heterocycles. The van der Waals surface area contributed by atoms with Crippen LogP contribution in [0.4, 0.5) is 0 Å². The molecule has 1 amide bonds. The zero-order chi connectivity index (χ0) is 19.2. The van der Waals surface area contributed by atoms with E-state index in [0.29, 0.717) is 36.7 Å². The fourth-order valence-electron chi connectivity index (χ4n) is 2.70. The number of phenols is 1. The molecule has 0 fully saturated rings. The molecule has 0 aliphatic carbocycles. The number of pyridine rings is 1. The maximum atomic E-state index is 12.5. The van der Waals surface area contributed by atoms with Gasteiger partial charge in [0.2, 0.25) is 17.6 Å². The van der Waals surface area contributed by atoms with E-state index in [-0.39, 0.29) is 17.7 Å². The van der Waals surface area contributed by atoms with E-state index in [0.717, 1.165) is 5.56 Å². The number of aromatic nitrogens is 3. The summed E-state index contributed by atoms with van der Waals surface area (Å²) >= 11 is 0. The molecule has 0 spiro atoms. The molecule has 0 radical (unpaired) electrons. The van der Waals surface area contributed by atoms with Gasteiger partial charge in [-0.3, -0.25) is 9.78 Å². The second-order valence-corrected chi connectivity index (χ2v) is 6.45. The lowest BCUT2D eigenvalue weighted by molar-refractivity contribution is -0.131. The van der Waals surface area contributed by atoms with Crippen molar-refractivity contribution in [1.29, 1.82) is 0 Å². The highest BCUT2D eigenvalue weighted by atomic mass is 16.5. The molecule has 2 heterocycles. The molecule has 1 aromatic carbocycles. The number of carbonyl (C=O) groups is 1. The molecule has 27 heavy (non-hydrogen) atoms. The quantitative estimate of drug-likeness (QED) is 0.691. The van der Waals surface area contributed by atoms with Gasteiger partial charge in [-0.2, -0.15) is 4.98 Å². The molecule has 3 rings (SSSR count). The van der Waals surface area contributed by atoms with Gasteiger partial charge in [0.15, 0.2) is 0 Å². The van der Waals surface area contributed by atoms with Crippen LogP contribution in [0.1, 0.15) is 24.8 Å². The van der Waals surface area contributed by atoms with Crippen molar-refractivity contribution in [2.75, 3.05) is 7.05 Å². The Bertz CT molecular complexity index is 878. The SMILES string of the molecule is CC(Cc1ccc(O)cc1)N(C)C(=O)CCc1nc(-c2ccccn2)no1. The Balaban J connectivity index is 1.52. The van der Waals surface area contributed by atoms with Crippen LogP contribution in [0.25, 0.3) is 11.5 Å². The van der Waals surface area contributed by atoms with Gasteiger partial charge in [-0.05, 0) is 43.2 Å². The number of aryl methyl sites for hydroxylation is 1. The summed E-state index contributed by atoms with van der Waals surface area (Å²) in [5.74, 6) is 1.09. The lowest BCUT2D eigenvalue weighted by Crippen LogP contribution is -2.36. The summed E-state index contributed by atoms with van der Waals surface area (Å²) < 4.78 is 5.22. The van der Waals surface area contributed by atoms with Gasteiger partial charge in [0.1, 0.15) is 11.4 Å². The number of hydrogen-bond acceptors (Lipinski definition) is 6. The van der Waals surface area contributed by atoms with Crippen LogP contribution in [0, 0.1) is 0 Å². The van der Waals surface area contributed by atoms with Crippen LogP contribution in [0.2, 0.25) is 0 Å². The summed E-state index contributed by atoms with van der Waals surface area (Å²) in [6.07, 6.45) is 3.06. The molecule has 7 heteroatoms. The fourth-order valence-corrected chi connectivity index (χ4v) is 2.70. The molecule has 1 N–H and O–H groups in total. The Labute approximate surface area is 157 Å². The van der Waals surface area contributed by atoms with Crippen LogP contribution >= 0.6 is 0 Å². The number of aromatic hydroxyl groups is 1. The van der Waals surface area contributed by atoms with Crippen molar-refractivity contribution in [3.8, 4) is 17.3 Å². The molecular formula is C20H22N4O3. The second-order valence-electron chi connectivity index (χ2n) is 6.45. The van der Waals surface area contributed by atoms with Gasteiger partial charge in [-0.15, -0.1) is 0 Å². The van der Waals surface area contributed by atoms with Crippen molar-refractivity contribution >= 4 is 5.91 Å².